The Morgan fingerprint density at radius 2 is 0.491 bits per heavy atom. The molecular weight excluding hydrogens is 775 g/mol. The van der Waals surface area contributed by atoms with Gasteiger partial charge in [-0.05, 0) is 0 Å². The Labute approximate surface area is 324 Å². The van der Waals surface area contributed by atoms with Crippen molar-refractivity contribution in [3.63, 3.8) is 0 Å². The Hall–Kier alpha value is -1.32. The third-order valence-electron chi connectivity index (χ3n) is 16.4. The van der Waals surface area contributed by atoms with Crippen LogP contribution in [0.5, 0.6) is 0 Å². The third-order valence-corrected chi connectivity index (χ3v) is 21.6. The van der Waals surface area contributed by atoms with Gasteiger partial charge in [-0.2, -0.15) is 0 Å². The van der Waals surface area contributed by atoms with Gasteiger partial charge in [0, 0.05) is 0 Å². The van der Waals surface area contributed by atoms with Crippen molar-refractivity contribution in [2.45, 2.75) is 180 Å². The van der Waals surface area contributed by atoms with Crippen LogP contribution < -0.4 is 0 Å². The van der Waals surface area contributed by atoms with Gasteiger partial charge in [0.15, 0.2) is 0 Å². The van der Waals surface area contributed by atoms with Crippen molar-refractivity contribution in [2.75, 3.05) is 0 Å². The number of hydrogen-bond acceptors (Lipinski definition) is 8. The fraction of sp³-hybridized carbons (Fsp3) is 0.909. The summed E-state index contributed by atoms with van der Waals surface area (Å²) in [6.07, 6.45) is 28.7. The van der Waals surface area contributed by atoms with Gasteiger partial charge in [0.05, 0.1) is 0 Å². The summed E-state index contributed by atoms with van der Waals surface area (Å²) in [5.74, 6) is -0.479. The van der Waals surface area contributed by atoms with Gasteiger partial charge in [-0.3, -0.25) is 0 Å². The molecule has 8 rings (SSSR count). The van der Waals surface area contributed by atoms with Gasteiger partial charge in [-0.25, -0.2) is 0 Å². The van der Waals surface area contributed by atoms with E-state index < -0.39 is 43.9 Å². The molecule has 0 radical (unpaired) electrons. The zero-order valence-electron chi connectivity index (χ0n) is 32.5. The summed E-state index contributed by atoms with van der Waals surface area (Å²) in [5, 5.41) is 0. The van der Waals surface area contributed by atoms with Gasteiger partial charge in [0.1, 0.15) is 0 Å². The Morgan fingerprint density at radius 1 is 0.283 bits per heavy atom. The van der Waals surface area contributed by atoms with Crippen LogP contribution in [0.15, 0.2) is 0 Å². The fourth-order valence-electron chi connectivity index (χ4n) is 13.8. The monoisotopic (exact) mass is 844 g/mol. The molecule has 9 heteroatoms. The standard InChI is InChI=1S/4C11H18O2.Sn/c4*12-11(13)10-7-3-5-8-4-1-2-6-9(8)10;/h4*8-10H,1-7H2,(H,12,13);/q;;;;+4/p-4. The first kappa shape index (κ1) is 38.5. The number of carbonyl (C=O) groups is 4. The summed E-state index contributed by atoms with van der Waals surface area (Å²) in [4.78, 5) is 58.7. The van der Waals surface area contributed by atoms with E-state index in [1.807, 2.05) is 0 Å². The van der Waals surface area contributed by atoms with Crippen molar-refractivity contribution in [1.29, 1.82) is 0 Å². The van der Waals surface area contributed by atoms with Gasteiger partial charge in [-0.15, -0.1) is 0 Å². The predicted molar refractivity (Wildman–Crippen MR) is 201 cm³/mol. The number of hydrogen-bond donors (Lipinski definition) is 0. The van der Waals surface area contributed by atoms with E-state index in [0.29, 0.717) is 49.4 Å². The van der Waals surface area contributed by atoms with Crippen LogP contribution in [0.1, 0.15) is 180 Å². The molecule has 0 heterocycles. The second-order valence-electron chi connectivity index (χ2n) is 19.2. The Kier molecular flexibility index (Phi) is 12.7. The molecule has 8 fully saturated rings. The molecule has 0 aromatic heterocycles. The molecule has 8 saturated carbocycles. The molecule has 0 aliphatic heterocycles. The van der Waals surface area contributed by atoms with Gasteiger partial charge < -0.3 is 0 Å². The van der Waals surface area contributed by atoms with E-state index in [0.717, 1.165) is 128 Å². The van der Waals surface area contributed by atoms with E-state index >= 15 is 0 Å². The molecule has 0 bridgehead atoms. The average molecular weight is 844 g/mol. The summed E-state index contributed by atoms with van der Waals surface area (Å²) in [5.41, 5.74) is 0. The molecular formula is C44H68O8Sn. The first-order chi connectivity index (χ1) is 25.9. The Morgan fingerprint density at radius 3 is 0.736 bits per heavy atom. The molecule has 8 aliphatic rings. The van der Waals surface area contributed by atoms with Crippen LogP contribution >= 0.6 is 0 Å². The van der Waals surface area contributed by atoms with Crippen molar-refractivity contribution in [3.05, 3.63) is 0 Å². The van der Waals surface area contributed by atoms with Crippen molar-refractivity contribution in [2.24, 2.45) is 71.0 Å². The molecule has 8 aliphatic carbocycles. The summed E-state index contributed by atoms with van der Waals surface area (Å²) in [7, 11) is 0. The maximum atomic E-state index is 14.7. The van der Waals surface area contributed by atoms with Crippen LogP contribution in [0.2, 0.25) is 0 Å². The molecule has 0 N–H and O–H groups in total. The predicted octanol–water partition coefficient (Wildman–Crippen LogP) is 10.0. The van der Waals surface area contributed by atoms with Crippen molar-refractivity contribution < 1.29 is 31.5 Å². The van der Waals surface area contributed by atoms with E-state index in [1.54, 1.807) is 0 Å². The van der Waals surface area contributed by atoms with E-state index in [1.165, 1.54) is 25.7 Å². The minimum atomic E-state index is -6.12. The molecule has 0 aromatic carbocycles. The molecule has 8 nitrogen and oxygen atoms in total. The Bertz CT molecular complexity index is 1110. The van der Waals surface area contributed by atoms with Gasteiger partial charge in [0.25, 0.3) is 0 Å². The third kappa shape index (κ3) is 8.53. The molecule has 0 saturated heterocycles. The number of rotatable bonds is 8. The Balaban J connectivity index is 1.13. The van der Waals surface area contributed by atoms with Crippen LogP contribution in [0, 0.1) is 71.0 Å². The van der Waals surface area contributed by atoms with E-state index in [4.69, 9.17) is 12.3 Å². The van der Waals surface area contributed by atoms with Crippen LogP contribution in [0.25, 0.3) is 0 Å². The van der Waals surface area contributed by atoms with E-state index in [-0.39, 0.29) is 47.3 Å². The van der Waals surface area contributed by atoms with Gasteiger partial charge in [-0.1, -0.05) is 0 Å². The minimum absolute atomic E-state index is 0.208. The van der Waals surface area contributed by atoms with Crippen molar-refractivity contribution in [1.82, 2.24) is 0 Å². The van der Waals surface area contributed by atoms with Crippen molar-refractivity contribution >= 4 is 43.9 Å². The molecule has 12 unspecified atom stereocenters. The molecule has 53 heavy (non-hydrogen) atoms. The summed E-state index contributed by atoms with van der Waals surface area (Å²) in [6, 6.07) is 0. The molecule has 0 amide bonds. The summed E-state index contributed by atoms with van der Waals surface area (Å²) in [6.45, 7) is 0. The summed E-state index contributed by atoms with van der Waals surface area (Å²) >= 11 is -6.12. The normalized spacial score (nSPS) is 41.1. The number of carbonyl (C=O) groups excluding carboxylic acids is 4. The molecule has 12 atom stereocenters. The first-order valence-electron chi connectivity index (χ1n) is 22.8. The second-order valence-corrected chi connectivity index (χ2v) is 24.4. The van der Waals surface area contributed by atoms with Crippen LogP contribution in [0.3, 0.4) is 0 Å². The van der Waals surface area contributed by atoms with Crippen LogP contribution in [-0.4, -0.2) is 43.9 Å². The first-order valence-corrected chi connectivity index (χ1v) is 27.5. The van der Waals surface area contributed by atoms with Crippen LogP contribution in [0.4, 0.5) is 0 Å². The maximum absolute atomic E-state index is 14.7. The van der Waals surface area contributed by atoms with E-state index in [2.05, 4.69) is 0 Å². The number of fused-ring (bicyclic) bond motifs is 4. The van der Waals surface area contributed by atoms with Crippen molar-refractivity contribution in [3.8, 4) is 0 Å². The molecule has 0 spiro atoms. The SMILES string of the molecule is O=C([O][Sn]([O]C(=O)C1CCCC2CCCCC21)([O]C(=O)C1CCCC2CCCCC21)[O]C(=O)C1CCCC2CCCCC21)C1CCCC2CCCCC21. The van der Waals surface area contributed by atoms with Gasteiger partial charge >= 0.3 is 326 Å². The van der Waals surface area contributed by atoms with E-state index in [9.17, 15) is 19.2 Å². The molecule has 0 aromatic rings. The topological polar surface area (TPSA) is 105 Å². The fourth-order valence-corrected chi connectivity index (χ4v) is 19.1. The zero-order valence-corrected chi connectivity index (χ0v) is 35.3. The zero-order chi connectivity index (χ0) is 36.4. The van der Waals surface area contributed by atoms with Gasteiger partial charge in [0.2, 0.25) is 0 Å². The quantitative estimate of drug-likeness (QED) is 0.223. The van der Waals surface area contributed by atoms with Crippen LogP contribution in [-0.2, 0) is 31.5 Å². The summed E-state index contributed by atoms with van der Waals surface area (Å²) < 4.78 is 26.2. The molecule has 296 valence electrons. The second kappa shape index (κ2) is 17.4. The average Bonchev–Trinajstić information content (AvgIpc) is 3.19.